The zero-order valence-electron chi connectivity index (χ0n) is 10.8. The van der Waals surface area contributed by atoms with Crippen molar-refractivity contribution < 1.29 is 4.79 Å². The Kier molecular flexibility index (Phi) is 3.68. The summed E-state index contributed by atoms with van der Waals surface area (Å²) in [6, 6.07) is 10.3. The molecule has 0 spiro atoms. The summed E-state index contributed by atoms with van der Waals surface area (Å²) >= 11 is 0. The number of carbonyl (C=O) groups is 1. The number of likely N-dealkylation sites (tertiary alicyclic amines) is 1. The summed E-state index contributed by atoms with van der Waals surface area (Å²) in [7, 11) is 0. The maximum absolute atomic E-state index is 11.8. The van der Waals surface area contributed by atoms with Crippen molar-refractivity contribution in [3.05, 3.63) is 35.9 Å². The Balaban J connectivity index is 2.29. The van der Waals surface area contributed by atoms with Gasteiger partial charge in [-0.15, -0.1) is 0 Å². The Hall–Kier alpha value is -1.39. The van der Waals surface area contributed by atoms with E-state index >= 15 is 0 Å². The second-order valence-electron chi connectivity index (χ2n) is 4.98. The SMILES string of the molecule is C[C@@H](c1ccccc1)N1CCCC1(CN)C(N)=O. The standard InChI is InChI=1S/C14H21N3O/c1-11(12-6-3-2-4-7-12)17-9-5-8-14(17,10-15)13(16)18/h2-4,6-7,11H,5,8-10,15H2,1H3,(H2,16,18)/t11-,14?/m0/s1. The Morgan fingerprint density at radius 2 is 2.11 bits per heavy atom. The van der Waals surface area contributed by atoms with Crippen LogP contribution in [0.25, 0.3) is 0 Å². The third-order valence-electron chi connectivity index (χ3n) is 4.08. The second-order valence-corrected chi connectivity index (χ2v) is 4.98. The first-order chi connectivity index (χ1) is 8.62. The van der Waals surface area contributed by atoms with Crippen LogP contribution in [0.3, 0.4) is 0 Å². The van der Waals surface area contributed by atoms with Crippen LogP contribution in [-0.2, 0) is 4.79 Å². The monoisotopic (exact) mass is 247 g/mol. The number of carbonyl (C=O) groups excluding carboxylic acids is 1. The smallest absolute Gasteiger partial charge is 0.239 e. The highest BCUT2D eigenvalue weighted by atomic mass is 16.1. The first-order valence-electron chi connectivity index (χ1n) is 6.43. The van der Waals surface area contributed by atoms with E-state index in [1.54, 1.807) is 0 Å². The molecule has 4 nitrogen and oxygen atoms in total. The average Bonchev–Trinajstić information content (AvgIpc) is 2.84. The van der Waals surface area contributed by atoms with Crippen molar-refractivity contribution in [3.8, 4) is 0 Å². The number of benzene rings is 1. The molecule has 1 aliphatic rings. The molecule has 1 aromatic carbocycles. The Labute approximate surface area is 108 Å². The fourth-order valence-corrected chi connectivity index (χ4v) is 2.96. The van der Waals surface area contributed by atoms with Crippen LogP contribution in [0.5, 0.6) is 0 Å². The molecule has 1 unspecified atom stereocenters. The van der Waals surface area contributed by atoms with Crippen molar-refractivity contribution in [1.29, 1.82) is 0 Å². The molecular formula is C14H21N3O. The molecule has 1 amide bonds. The van der Waals surface area contributed by atoms with E-state index in [1.807, 2.05) is 18.2 Å². The number of nitrogens with zero attached hydrogens (tertiary/aromatic N) is 1. The van der Waals surface area contributed by atoms with Crippen LogP contribution in [0.4, 0.5) is 0 Å². The molecule has 2 atom stereocenters. The minimum absolute atomic E-state index is 0.157. The lowest BCUT2D eigenvalue weighted by Gasteiger charge is -2.39. The molecule has 1 aliphatic heterocycles. The Morgan fingerprint density at radius 1 is 1.44 bits per heavy atom. The van der Waals surface area contributed by atoms with Crippen LogP contribution in [0.2, 0.25) is 0 Å². The summed E-state index contributed by atoms with van der Waals surface area (Å²) in [5, 5.41) is 0. The molecule has 1 heterocycles. The molecule has 4 N–H and O–H groups in total. The fraction of sp³-hybridized carbons (Fsp3) is 0.500. The van der Waals surface area contributed by atoms with Gasteiger partial charge in [-0.2, -0.15) is 0 Å². The maximum atomic E-state index is 11.8. The molecule has 2 rings (SSSR count). The van der Waals surface area contributed by atoms with Crippen molar-refractivity contribution in [2.45, 2.75) is 31.3 Å². The minimum Gasteiger partial charge on any atom is -0.368 e. The van der Waals surface area contributed by atoms with E-state index in [4.69, 9.17) is 11.5 Å². The Bertz CT molecular complexity index is 420. The van der Waals surface area contributed by atoms with Gasteiger partial charge in [0.1, 0.15) is 5.54 Å². The normalized spacial score (nSPS) is 26.1. The third kappa shape index (κ3) is 2.02. The molecule has 0 saturated carbocycles. The highest BCUT2D eigenvalue weighted by Gasteiger charge is 2.47. The predicted molar refractivity (Wildman–Crippen MR) is 71.8 cm³/mol. The number of nitrogens with two attached hydrogens (primary N) is 2. The van der Waals surface area contributed by atoms with Crippen molar-refractivity contribution >= 4 is 5.91 Å². The van der Waals surface area contributed by atoms with Gasteiger partial charge in [-0.05, 0) is 31.9 Å². The molecule has 0 aliphatic carbocycles. The lowest BCUT2D eigenvalue weighted by atomic mass is 9.93. The minimum atomic E-state index is -0.671. The molecule has 4 heteroatoms. The van der Waals surface area contributed by atoms with Gasteiger partial charge in [0.15, 0.2) is 0 Å². The van der Waals surface area contributed by atoms with Crippen LogP contribution in [0.15, 0.2) is 30.3 Å². The molecule has 1 aromatic rings. The summed E-state index contributed by atoms with van der Waals surface area (Å²) in [6.07, 6.45) is 1.73. The number of hydrogen-bond donors (Lipinski definition) is 2. The largest absolute Gasteiger partial charge is 0.368 e. The summed E-state index contributed by atoms with van der Waals surface area (Å²) in [5.41, 5.74) is 11.9. The molecule has 1 saturated heterocycles. The van der Waals surface area contributed by atoms with E-state index in [0.29, 0.717) is 6.54 Å². The molecule has 98 valence electrons. The van der Waals surface area contributed by atoms with Crippen LogP contribution in [0, 0.1) is 0 Å². The molecule has 1 fully saturated rings. The van der Waals surface area contributed by atoms with E-state index in [2.05, 4.69) is 24.0 Å². The van der Waals surface area contributed by atoms with Gasteiger partial charge in [-0.3, -0.25) is 9.69 Å². The highest BCUT2D eigenvalue weighted by molar-refractivity contribution is 5.85. The third-order valence-corrected chi connectivity index (χ3v) is 4.08. The molecule has 0 radical (unpaired) electrons. The zero-order chi connectivity index (χ0) is 13.2. The first kappa shape index (κ1) is 13.1. The fourth-order valence-electron chi connectivity index (χ4n) is 2.96. The first-order valence-corrected chi connectivity index (χ1v) is 6.43. The van der Waals surface area contributed by atoms with Gasteiger partial charge in [0.25, 0.3) is 0 Å². The number of rotatable bonds is 4. The van der Waals surface area contributed by atoms with Crippen molar-refractivity contribution in [2.24, 2.45) is 11.5 Å². The number of primary amides is 1. The van der Waals surface area contributed by atoms with Gasteiger partial charge in [0, 0.05) is 12.6 Å². The Morgan fingerprint density at radius 3 is 2.67 bits per heavy atom. The van der Waals surface area contributed by atoms with Gasteiger partial charge in [-0.25, -0.2) is 0 Å². The van der Waals surface area contributed by atoms with Crippen LogP contribution in [-0.4, -0.2) is 29.4 Å². The lowest BCUT2D eigenvalue weighted by molar-refractivity contribution is -0.129. The molecular weight excluding hydrogens is 226 g/mol. The number of amides is 1. The summed E-state index contributed by atoms with van der Waals surface area (Å²) < 4.78 is 0. The van der Waals surface area contributed by atoms with Gasteiger partial charge in [-0.1, -0.05) is 30.3 Å². The van der Waals surface area contributed by atoms with E-state index in [1.165, 1.54) is 5.56 Å². The van der Waals surface area contributed by atoms with E-state index in [-0.39, 0.29) is 11.9 Å². The van der Waals surface area contributed by atoms with E-state index in [9.17, 15) is 4.79 Å². The molecule has 0 bridgehead atoms. The topological polar surface area (TPSA) is 72.3 Å². The lowest BCUT2D eigenvalue weighted by Crippen LogP contribution is -2.59. The van der Waals surface area contributed by atoms with Crippen molar-refractivity contribution in [2.75, 3.05) is 13.1 Å². The van der Waals surface area contributed by atoms with Crippen molar-refractivity contribution in [3.63, 3.8) is 0 Å². The quantitative estimate of drug-likeness (QED) is 0.834. The maximum Gasteiger partial charge on any atom is 0.239 e. The van der Waals surface area contributed by atoms with Gasteiger partial charge < -0.3 is 11.5 Å². The van der Waals surface area contributed by atoms with Crippen LogP contribution < -0.4 is 11.5 Å². The molecule has 0 aromatic heterocycles. The van der Waals surface area contributed by atoms with Crippen LogP contribution in [0.1, 0.15) is 31.4 Å². The van der Waals surface area contributed by atoms with Gasteiger partial charge in [0.2, 0.25) is 5.91 Å². The highest BCUT2D eigenvalue weighted by Crippen LogP contribution is 2.36. The van der Waals surface area contributed by atoms with Crippen molar-refractivity contribution in [1.82, 2.24) is 4.90 Å². The summed E-state index contributed by atoms with van der Waals surface area (Å²) in [6.45, 7) is 3.27. The molecule has 18 heavy (non-hydrogen) atoms. The van der Waals surface area contributed by atoms with E-state index < -0.39 is 5.54 Å². The van der Waals surface area contributed by atoms with E-state index in [0.717, 1.165) is 19.4 Å². The second kappa shape index (κ2) is 5.08. The van der Waals surface area contributed by atoms with Gasteiger partial charge in [0.05, 0.1) is 0 Å². The van der Waals surface area contributed by atoms with Gasteiger partial charge >= 0.3 is 0 Å². The predicted octanol–water partition coefficient (Wildman–Crippen LogP) is 1.03. The average molecular weight is 247 g/mol. The number of hydrogen-bond acceptors (Lipinski definition) is 3. The summed E-state index contributed by atoms with van der Waals surface area (Å²) in [4.78, 5) is 14.0. The summed E-state index contributed by atoms with van der Waals surface area (Å²) in [5.74, 6) is -0.301. The zero-order valence-corrected chi connectivity index (χ0v) is 10.8. The van der Waals surface area contributed by atoms with Crippen LogP contribution >= 0.6 is 0 Å².